The molecule has 2 aromatic carbocycles. The van der Waals surface area contributed by atoms with Gasteiger partial charge >= 0.3 is 6.18 Å². The number of benzene rings is 2. The third kappa shape index (κ3) is 3.93. The fraction of sp³-hybridized carbons (Fsp3) is 0.217. The largest absolute Gasteiger partial charge is 0.497 e. The Balaban J connectivity index is 1.99. The predicted octanol–water partition coefficient (Wildman–Crippen LogP) is 5.49. The zero-order valence-corrected chi connectivity index (χ0v) is 17.2. The van der Waals surface area contributed by atoms with Crippen LogP contribution in [0, 0.1) is 6.92 Å². The Morgan fingerprint density at radius 2 is 1.71 bits per heavy atom. The van der Waals surface area contributed by atoms with E-state index >= 15 is 0 Å². The molecule has 0 aliphatic rings. The van der Waals surface area contributed by atoms with Crippen molar-refractivity contribution in [3.63, 3.8) is 0 Å². The van der Waals surface area contributed by atoms with Crippen LogP contribution in [0.25, 0.3) is 22.3 Å². The number of alkyl halides is 3. The highest BCUT2D eigenvalue weighted by Crippen LogP contribution is 2.40. The lowest BCUT2D eigenvalue weighted by atomic mass is 10.0. The molecule has 0 N–H and O–H groups in total. The molecule has 0 aliphatic carbocycles. The molecule has 0 unspecified atom stereocenters. The molecule has 0 atom stereocenters. The highest BCUT2D eigenvalue weighted by atomic mass is 19.4. The summed E-state index contributed by atoms with van der Waals surface area (Å²) in [6, 6.07) is 15.4. The number of ether oxygens (including phenoxy) is 2. The molecule has 5 nitrogen and oxygen atoms in total. The topological polar surface area (TPSA) is 49.2 Å². The maximum absolute atomic E-state index is 14.0. The molecule has 4 rings (SSSR count). The van der Waals surface area contributed by atoms with Gasteiger partial charge in [0, 0.05) is 5.56 Å². The minimum Gasteiger partial charge on any atom is -0.497 e. The molecule has 0 amide bonds. The van der Waals surface area contributed by atoms with E-state index in [9.17, 15) is 13.2 Å². The fourth-order valence-corrected chi connectivity index (χ4v) is 3.60. The van der Waals surface area contributed by atoms with Crippen LogP contribution in [0.4, 0.5) is 13.2 Å². The van der Waals surface area contributed by atoms with E-state index in [0.717, 1.165) is 11.6 Å². The third-order valence-corrected chi connectivity index (χ3v) is 5.04. The Hall–Kier alpha value is -3.55. The molecule has 0 saturated heterocycles. The van der Waals surface area contributed by atoms with Crippen LogP contribution in [-0.4, -0.2) is 29.0 Å². The number of nitrogens with zero attached hydrogens (tertiary/aromatic N) is 3. The van der Waals surface area contributed by atoms with Crippen molar-refractivity contribution in [1.29, 1.82) is 0 Å². The van der Waals surface area contributed by atoms with Crippen molar-refractivity contribution < 1.29 is 22.6 Å². The molecule has 0 bridgehead atoms. The number of rotatable bonds is 5. The number of pyridine rings is 1. The van der Waals surface area contributed by atoms with Crippen LogP contribution in [-0.2, 0) is 12.7 Å². The molecule has 4 aromatic rings. The second-order valence-electron chi connectivity index (χ2n) is 7.05. The predicted molar refractivity (Wildman–Crippen MR) is 111 cm³/mol. The molecule has 0 aliphatic heterocycles. The lowest BCUT2D eigenvalue weighted by Crippen LogP contribution is -2.09. The van der Waals surface area contributed by atoms with Crippen molar-refractivity contribution in [2.75, 3.05) is 14.2 Å². The molecule has 2 aromatic heterocycles. The standard InChI is InChI=1S/C23H20F3N3O2/c1-14-21-18(23(24,25)26)12-19(17-11-16(30-2)9-10-20(17)31-3)27-22(21)29(28-14)13-15-7-5-4-6-8-15/h4-12H,13H2,1-3H3. The minimum atomic E-state index is -4.58. The molecule has 8 heteroatoms. The van der Waals surface area contributed by atoms with Crippen molar-refractivity contribution in [2.45, 2.75) is 19.6 Å². The van der Waals surface area contributed by atoms with Gasteiger partial charge in [0.05, 0.1) is 43.1 Å². The molecule has 0 radical (unpaired) electrons. The number of aryl methyl sites for hydroxylation is 1. The Bertz CT molecular complexity index is 1230. The van der Waals surface area contributed by atoms with E-state index in [-0.39, 0.29) is 22.4 Å². The van der Waals surface area contributed by atoms with Gasteiger partial charge in [-0.3, -0.25) is 0 Å². The highest BCUT2D eigenvalue weighted by Gasteiger charge is 2.36. The van der Waals surface area contributed by atoms with Crippen molar-refractivity contribution >= 4 is 11.0 Å². The lowest BCUT2D eigenvalue weighted by molar-refractivity contribution is -0.136. The van der Waals surface area contributed by atoms with Gasteiger partial charge in [0.15, 0.2) is 5.65 Å². The van der Waals surface area contributed by atoms with Crippen molar-refractivity contribution in [3.8, 4) is 22.8 Å². The number of halogens is 3. The Morgan fingerprint density at radius 1 is 0.968 bits per heavy atom. The first-order chi connectivity index (χ1) is 14.8. The average Bonchev–Trinajstić information content (AvgIpc) is 3.07. The number of hydrogen-bond donors (Lipinski definition) is 0. The normalized spacial score (nSPS) is 11.7. The summed E-state index contributed by atoms with van der Waals surface area (Å²) in [5, 5.41) is 4.36. The van der Waals surface area contributed by atoms with Gasteiger partial charge in [-0.1, -0.05) is 30.3 Å². The Kier molecular flexibility index (Phi) is 5.31. The van der Waals surface area contributed by atoms with Gasteiger partial charge < -0.3 is 9.47 Å². The summed E-state index contributed by atoms with van der Waals surface area (Å²) in [7, 11) is 2.94. The maximum Gasteiger partial charge on any atom is 0.417 e. The van der Waals surface area contributed by atoms with Crippen LogP contribution >= 0.6 is 0 Å². The molecule has 160 valence electrons. The second-order valence-corrected chi connectivity index (χ2v) is 7.05. The number of fused-ring (bicyclic) bond motifs is 1. The smallest absolute Gasteiger partial charge is 0.417 e. The van der Waals surface area contributed by atoms with Crippen LogP contribution < -0.4 is 9.47 Å². The molecular formula is C23H20F3N3O2. The van der Waals surface area contributed by atoms with Gasteiger partial charge in [0.2, 0.25) is 0 Å². The molecule has 0 saturated carbocycles. The third-order valence-electron chi connectivity index (χ3n) is 5.04. The van der Waals surface area contributed by atoms with Crippen molar-refractivity contribution in [1.82, 2.24) is 14.8 Å². The monoisotopic (exact) mass is 427 g/mol. The van der Waals surface area contributed by atoms with Gasteiger partial charge in [0.25, 0.3) is 0 Å². The van der Waals surface area contributed by atoms with Crippen molar-refractivity contribution in [3.05, 3.63) is 71.4 Å². The highest BCUT2D eigenvalue weighted by molar-refractivity contribution is 5.86. The summed E-state index contributed by atoms with van der Waals surface area (Å²) in [6.45, 7) is 1.86. The van der Waals surface area contributed by atoms with Crippen LogP contribution in [0.1, 0.15) is 16.8 Å². The molecular weight excluding hydrogens is 407 g/mol. The van der Waals surface area contributed by atoms with Gasteiger partial charge in [-0.2, -0.15) is 18.3 Å². The lowest BCUT2D eigenvalue weighted by Gasteiger charge is -2.14. The second kappa shape index (κ2) is 7.94. The Labute approximate surface area is 177 Å². The summed E-state index contributed by atoms with van der Waals surface area (Å²) in [5.41, 5.74) is 1.09. The summed E-state index contributed by atoms with van der Waals surface area (Å²) in [6.07, 6.45) is -4.58. The fourth-order valence-electron chi connectivity index (χ4n) is 3.60. The first kappa shape index (κ1) is 20.7. The van der Waals surface area contributed by atoms with Crippen LogP contribution in [0.5, 0.6) is 11.5 Å². The number of methoxy groups -OCH3 is 2. The van der Waals surface area contributed by atoms with Gasteiger partial charge in [-0.15, -0.1) is 0 Å². The van der Waals surface area contributed by atoms with Gasteiger partial charge in [-0.25, -0.2) is 9.67 Å². The quantitative estimate of drug-likeness (QED) is 0.423. The van der Waals surface area contributed by atoms with E-state index in [0.29, 0.717) is 23.6 Å². The van der Waals surface area contributed by atoms with Crippen LogP contribution in [0.3, 0.4) is 0 Å². The molecule has 0 fully saturated rings. The van der Waals surface area contributed by atoms with E-state index in [4.69, 9.17) is 9.47 Å². The van der Waals surface area contributed by atoms with Gasteiger partial charge in [-0.05, 0) is 36.8 Å². The molecule has 0 spiro atoms. The number of aromatic nitrogens is 3. The zero-order valence-electron chi connectivity index (χ0n) is 17.2. The molecule has 31 heavy (non-hydrogen) atoms. The number of hydrogen-bond acceptors (Lipinski definition) is 4. The summed E-state index contributed by atoms with van der Waals surface area (Å²) < 4.78 is 54.2. The van der Waals surface area contributed by atoms with Gasteiger partial charge in [0.1, 0.15) is 11.5 Å². The molecule has 2 heterocycles. The first-order valence-corrected chi connectivity index (χ1v) is 9.53. The van der Waals surface area contributed by atoms with Crippen molar-refractivity contribution in [2.24, 2.45) is 0 Å². The first-order valence-electron chi connectivity index (χ1n) is 9.53. The van der Waals surface area contributed by atoms with E-state index in [1.807, 2.05) is 30.3 Å². The maximum atomic E-state index is 14.0. The summed E-state index contributed by atoms with van der Waals surface area (Å²) in [5.74, 6) is 0.881. The Morgan fingerprint density at radius 3 is 2.35 bits per heavy atom. The summed E-state index contributed by atoms with van der Waals surface area (Å²) in [4.78, 5) is 4.59. The SMILES string of the molecule is COc1ccc(OC)c(-c2cc(C(F)(F)F)c3c(C)nn(Cc4ccccc4)c3n2)c1. The zero-order chi connectivity index (χ0) is 22.2. The average molecular weight is 427 g/mol. The van der Waals surface area contributed by atoms with E-state index in [2.05, 4.69) is 10.1 Å². The van der Waals surface area contributed by atoms with Crippen LogP contribution in [0.2, 0.25) is 0 Å². The summed E-state index contributed by atoms with van der Waals surface area (Å²) >= 11 is 0. The van der Waals surface area contributed by atoms with E-state index in [1.165, 1.54) is 18.9 Å². The minimum absolute atomic E-state index is 0.00551. The van der Waals surface area contributed by atoms with E-state index < -0.39 is 11.7 Å². The van der Waals surface area contributed by atoms with E-state index in [1.54, 1.807) is 25.1 Å². The van der Waals surface area contributed by atoms with Crippen LogP contribution in [0.15, 0.2) is 54.6 Å².